The summed E-state index contributed by atoms with van der Waals surface area (Å²) in [4.78, 5) is 4.68. The summed E-state index contributed by atoms with van der Waals surface area (Å²) in [6.45, 7) is 0.538. The number of aliphatic hydroxyl groups excluding tert-OH is 1. The Hall–Kier alpha value is -2.33. The van der Waals surface area contributed by atoms with Crippen LogP contribution < -0.4 is 0 Å². The van der Waals surface area contributed by atoms with Crippen LogP contribution in [0.5, 0.6) is 0 Å². The van der Waals surface area contributed by atoms with Gasteiger partial charge in [-0.2, -0.15) is 0 Å². The molecule has 0 aliphatic rings. The van der Waals surface area contributed by atoms with Gasteiger partial charge in [0.05, 0.1) is 21.1 Å². The van der Waals surface area contributed by atoms with Gasteiger partial charge in [0.25, 0.3) is 0 Å². The number of imidazole rings is 1. The molecule has 1 heterocycles. The summed E-state index contributed by atoms with van der Waals surface area (Å²) in [5, 5.41) is 12.0. The lowest BCUT2D eigenvalue weighted by molar-refractivity contribution is 0.206. The number of para-hydroxylation sites is 2. The molecule has 0 amide bonds. The summed E-state index contributed by atoms with van der Waals surface area (Å²) in [5.41, 5.74) is 3.60. The van der Waals surface area contributed by atoms with Gasteiger partial charge in [0, 0.05) is 6.54 Å². The van der Waals surface area contributed by atoms with Crippen molar-refractivity contribution in [2.45, 2.75) is 12.6 Å². The Kier molecular flexibility index (Phi) is 4.68. The second-order valence-electron chi connectivity index (χ2n) is 6.11. The molecule has 5 heteroatoms. The standard InChI is InChI=1S/C21H16Cl2N2O/c22-16-11-10-14(12-17(16)23)13-25-19-9-5-4-8-18(19)24-21(25)20(26)15-6-2-1-3-7-15/h1-12,20,26H,13H2/t20-/m0/s1. The number of fused-ring (bicyclic) bond motifs is 1. The summed E-state index contributed by atoms with van der Waals surface area (Å²) in [5.74, 6) is 0.600. The first kappa shape index (κ1) is 17.1. The minimum Gasteiger partial charge on any atom is -0.380 e. The summed E-state index contributed by atoms with van der Waals surface area (Å²) in [6, 6.07) is 22.9. The van der Waals surface area contributed by atoms with E-state index in [9.17, 15) is 5.11 Å². The average molecular weight is 383 g/mol. The maximum absolute atomic E-state index is 10.9. The smallest absolute Gasteiger partial charge is 0.143 e. The van der Waals surface area contributed by atoms with Gasteiger partial charge in [-0.15, -0.1) is 0 Å². The van der Waals surface area contributed by atoms with Crippen molar-refractivity contribution in [1.82, 2.24) is 9.55 Å². The third kappa shape index (κ3) is 3.21. The number of aliphatic hydroxyl groups is 1. The first-order valence-electron chi connectivity index (χ1n) is 8.25. The molecular formula is C21H16Cl2N2O. The number of rotatable bonds is 4. The zero-order valence-corrected chi connectivity index (χ0v) is 15.3. The number of hydrogen-bond acceptors (Lipinski definition) is 2. The molecule has 0 saturated carbocycles. The number of halogens is 2. The molecule has 26 heavy (non-hydrogen) atoms. The fourth-order valence-electron chi connectivity index (χ4n) is 3.07. The Balaban J connectivity index is 1.82. The lowest BCUT2D eigenvalue weighted by Gasteiger charge is -2.15. The lowest BCUT2D eigenvalue weighted by Crippen LogP contribution is -2.11. The number of aromatic nitrogens is 2. The molecule has 4 aromatic rings. The van der Waals surface area contributed by atoms with Gasteiger partial charge >= 0.3 is 0 Å². The summed E-state index contributed by atoms with van der Waals surface area (Å²) >= 11 is 12.2. The number of benzene rings is 3. The van der Waals surface area contributed by atoms with E-state index in [0.29, 0.717) is 22.4 Å². The van der Waals surface area contributed by atoms with Crippen LogP contribution in [0.1, 0.15) is 23.1 Å². The molecule has 130 valence electrons. The molecule has 0 spiro atoms. The van der Waals surface area contributed by atoms with Crippen molar-refractivity contribution in [2.24, 2.45) is 0 Å². The van der Waals surface area contributed by atoms with E-state index in [1.807, 2.05) is 71.3 Å². The van der Waals surface area contributed by atoms with Crippen LogP contribution in [0.3, 0.4) is 0 Å². The van der Waals surface area contributed by atoms with E-state index >= 15 is 0 Å². The zero-order valence-electron chi connectivity index (χ0n) is 13.8. The van der Waals surface area contributed by atoms with Crippen LogP contribution in [-0.2, 0) is 6.54 Å². The number of nitrogens with zero attached hydrogens (tertiary/aromatic N) is 2. The maximum atomic E-state index is 10.9. The van der Waals surface area contributed by atoms with Crippen molar-refractivity contribution in [2.75, 3.05) is 0 Å². The second kappa shape index (κ2) is 7.12. The van der Waals surface area contributed by atoms with Gasteiger partial charge in [-0.3, -0.25) is 0 Å². The third-order valence-electron chi connectivity index (χ3n) is 4.37. The highest BCUT2D eigenvalue weighted by atomic mass is 35.5. The molecule has 1 atom stereocenters. The van der Waals surface area contributed by atoms with E-state index in [0.717, 1.165) is 22.2 Å². The minimum atomic E-state index is -0.814. The SMILES string of the molecule is O[C@@H](c1ccccc1)c1nc2ccccc2n1Cc1ccc(Cl)c(Cl)c1. The highest BCUT2D eigenvalue weighted by Crippen LogP contribution is 2.28. The van der Waals surface area contributed by atoms with Crippen LogP contribution >= 0.6 is 23.2 Å². The van der Waals surface area contributed by atoms with Gasteiger partial charge in [0.15, 0.2) is 0 Å². The fraction of sp³-hybridized carbons (Fsp3) is 0.0952. The summed E-state index contributed by atoms with van der Waals surface area (Å²) < 4.78 is 2.02. The molecule has 0 aliphatic carbocycles. The van der Waals surface area contributed by atoms with Gasteiger partial charge in [-0.05, 0) is 35.4 Å². The maximum Gasteiger partial charge on any atom is 0.143 e. The van der Waals surface area contributed by atoms with Gasteiger partial charge < -0.3 is 9.67 Å². The molecular weight excluding hydrogens is 367 g/mol. The summed E-state index contributed by atoms with van der Waals surface area (Å²) in [6.07, 6.45) is -0.814. The monoisotopic (exact) mass is 382 g/mol. The van der Waals surface area contributed by atoms with Crippen LogP contribution in [0, 0.1) is 0 Å². The van der Waals surface area contributed by atoms with E-state index in [-0.39, 0.29) is 0 Å². The third-order valence-corrected chi connectivity index (χ3v) is 5.11. The topological polar surface area (TPSA) is 38.1 Å². The summed E-state index contributed by atoms with van der Waals surface area (Å²) in [7, 11) is 0. The highest BCUT2D eigenvalue weighted by Gasteiger charge is 2.20. The Labute approximate surface area is 161 Å². The quantitative estimate of drug-likeness (QED) is 0.507. The van der Waals surface area contributed by atoms with Gasteiger partial charge in [0.1, 0.15) is 11.9 Å². The molecule has 1 N–H and O–H groups in total. The van der Waals surface area contributed by atoms with Crippen molar-refractivity contribution < 1.29 is 5.11 Å². The largest absolute Gasteiger partial charge is 0.380 e. The van der Waals surface area contributed by atoms with E-state index in [1.165, 1.54) is 0 Å². The zero-order chi connectivity index (χ0) is 18.1. The predicted octanol–water partition coefficient (Wildman–Crippen LogP) is 5.47. The van der Waals surface area contributed by atoms with E-state index in [2.05, 4.69) is 4.98 Å². The molecule has 0 fully saturated rings. The van der Waals surface area contributed by atoms with Crippen LogP contribution in [0.15, 0.2) is 72.8 Å². The first-order valence-corrected chi connectivity index (χ1v) is 9.01. The minimum absolute atomic E-state index is 0.513. The van der Waals surface area contributed by atoms with Crippen LogP contribution in [0.2, 0.25) is 10.0 Å². The molecule has 0 bridgehead atoms. The van der Waals surface area contributed by atoms with Gasteiger partial charge in [-0.25, -0.2) is 4.98 Å². The van der Waals surface area contributed by atoms with E-state index in [4.69, 9.17) is 23.2 Å². The lowest BCUT2D eigenvalue weighted by atomic mass is 10.1. The van der Waals surface area contributed by atoms with Crippen molar-refractivity contribution >= 4 is 34.2 Å². The van der Waals surface area contributed by atoms with E-state index < -0.39 is 6.10 Å². The Bertz CT molecular complexity index is 1060. The van der Waals surface area contributed by atoms with Crippen LogP contribution in [-0.4, -0.2) is 14.7 Å². The Morgan fingerprint density at radius 3 is 2.38 bits per heavy atom. The molecule has 1 aromatic heterocycles. The first-order chi connectivity index (χ1) is 12.6. The molecule has 0 unspecified atom stereocenters. The van der Waals surface area contributed by atoms with Gasteiger partial charge in [-0.1, -0.05) is 71.7 Å². The van der Waals surface area contributed by atoms with Crippen molar-refractivity contribution in [1.29, 1.82) is 0 Å². The average Bonchev–Trinajstić information content (AvgIpc) is 3.03. The molecule has 0 aliphatic heterocycles. The second-order valence-corrected chi connectivity index (χ2v) is 6.92. The molecule has 3 nitrogen and oxygen atoms in total. The predicted molar refractivity (Wildman–Crippen MR) is 106 cm³/mol. The Morgan fingerprint density at radius 2 is 1.62 bits per heavy atom. The molecule has 0 saturated heterocycles. The molecule has 0 radical (unpaired) electrons. The fourth-order valence-corrected chi connectivity index (χ4v) is 3.39. The normalized spacial score (nSPS) is 12.4. The number of hydrogen-bond donors (Lipinski definition) is 1. The van der Waals surface area contributed by atoms with Crippen molar-refractivity contribution in [3.8, 4) is 0 Å². The van der Waals surface area contributed by atoms with Gasteiger partial charge in [0.2, 0.25) is 0 Å². The highest BCUT2D eigenvalue weighted by molar-refractivity contribution is 6.42. The molecule has 4 rings (SSSR count). The van der Waals surface area contributed by atoms with Crippen LogP contribution in [0.4, 0.5) is 0 Å². The Morgan fingerprint density at radius 1 is 0.885 bits per heavy atom. The van der Waals surface area contributed by atoms with Crippen LogP contribution in [0.25, 0.3) is 11.0 Å². The van der Waals surface area contributed by atoms with Crippen molar-refractivity contribution in [3.63, 3.8) is 0 Å². The van der Waals surface area contributed by atoms with Crippen molar-refractivity contribution in [3.05, 3.63) is 99.8 Å². The molecule has 3 aromatic carbocycles. The van der Waals surface area contributed by atoms with E-state index in [1.54, 1.807) is 6.07 Å².